The number of halogens is 1. The summed E-state index contributed by atoms with van der Waals surface area (Å²) in [6.45, 7) is 4.08. The van der Waals surface area contributed by atoms with Gasteiger partial charge in [0.05, 0.1) is 5.69 Å². The molecule has 18 heavy (non-hydrogen) atoms. The summed E-state index contributed by atoms with van der Waals surface area (Å²) in [6, 6.07) is 6.76. The molecule has 0 aliphatic carbocycles. The van der Waals surface area contributed by atoms with Crippen LogP contribution in [-0.4, -0.2) is 15.3 Å². The van der Waals surface area contributed by atoms with Crippen LogP contribution in [0.2, 0.25) is 0 Å². The second kappa shape index (κ2) is 6.78. The zero-order chi connectivity index (χ0) is 13.6. The van der Waals surface area contributed by atoms with Crippen molar-refractivity contribution in [2.24, 2.45) is 0 Å². The molecule has 0 spiro atoms. The lowest BCUT2D eigenvalue weighted by atomic mass is 9.98. The van der Waals surface area contributed by atoms with Gasteiger partial charge >= 0.3 is 0 Å². The van der Waals surface area contributed by atoms with Crippen LogP contribution in [-0.2, 0) is 4.79 Å². The first-order valence-electron chi connectivity index (χ1n) is 6.32. The lowest BCUT2D eigenvalue weighted by Gasteiger charge is -2.25. The van der Waals surface area contributed by atoms with Crippen molar-refractivity contribution in [2.75, 3.05) is 5.32 Å². The van der Waals surface area contributed by atoms with Crippen molar-refractivity contribution in [3.63, 3.8) is 0 Å². The number of phenols is 1. The number of hydrogen-bond donors (Lipinski definition) is 2. The molecule has 100 valence electrons. The number of rotatable bonds is 6. The summed E-state index contributed by atoms with van der Waals surface area (Å²) >= 11 is 3.54. The summed E-state index contributed by atoms with van der Waals surface area (Å²) in [5.74, 6) is -0.00718. The van der Waals surface area contributed by atoms with Gasteiger partial charge in [-0.05, 0) is 25.0 Å². The Morgan fingerprint density at radius 3 is 2.61 bits per heavy atom. The largest absolute Gasteiger partial charge is 0.506 e. The highest BCUT2D eigenvalue weighted by Crippen LogP contribution is 2.32. The van der Waals surface area contributed by atoms with Gasteiger partial charge in [-0.1, -0.05) is 54.8 Å². The van der Waals surface area contributed by atoms with E-state index in [0.29, 0.717) is 12.1 Å². The number of unbranched alkanes of at least 4 members (excludes halogenated alkanes) is 1. The third-order valence-electron chi connectivity index (χ3n) is 3.05. The Balaban J connectivity index is 2.77. The molecule has 1 amide bonds. The average molecular weight is 314 g/mol. The van der Waals surface area contributed by atoms with Crippen LogP contribution in [0, 0.1) is 0 Å². The van der Waals surface area contributed by atoms with Gasteiger partial charge in [-0.2, -0.15) is 0 Å². The predicted octanol–water partition coefficient (Wildman–Crippen LogP) is 4.06. The second-order valence-corrected chi connectivity index (χ2v) is 5.91. The van der Waals surface area contributed by atoms with E-state index in [1.807, 2.05) is 6.92 Å². The van der Waals surface area contributed by atoms with Crippen LogP contribution in [0.3, 0.4) is 0 Å². The number of anilines is 1. The molecular weight excluding hydrogens is 294 g/mol. The van der Waals surface area contributed by atoms with Crippen LogP contribution < -0.4 is 5.32 Å². The molecule has 1 rings (SSSR count). The van der Waals surface area contributed by atoms with E-state index in [4.69, 9.17) is 0 Å². The average Bonchev–Trinajstić information content (AvgIpc) is 2.38. The predicted molar refractivity (Wildman–Crippen MR) is 78.2 cm³/mol. The Morgan fingerprint density at radius 1 is 1.39 bits per heavy atom. The Bertz CT molecular complexity index is 409. The summed E-state index contributed by atoms with van der Waals surface area (Å²) in [5, 5.41) is 12.4. The molecule has 1 aromatic carbocycles. The fraction of sp³-hybridized carbons (Fsp3) is 0.500. The third-order valence-corrected chi connectivity index (χ3v) is 4.36. The van der Waals surface area contributed by atoms with Crippen LogP contribution in [0.4, 0.5) is 5.69 Å². The van der Waals surface area contributed by atoms with Gasteiger partial charge in [0.2, 0.25) is 5.91 Å². The first kappa shape index (κ1) is 15.0. The van der Waals surface area contributed by atoms with Crippen molar-refractivity contribution in [2.45, 2.75) is 43.9 Å². The van der Waals surface area contributed by atoms with Crippen LogP contribution in [0.15, 0.2) is 24.3 Å². The fourth-order valence-corrected chi connectivity index (χ4v) is 2.10. The highest BCUT2D eigenvalue weighted by molar-refractivity contribution is 9.10. The van der Waals surface area contributed by atoms with Crippen LogP contribution in [0.25, 0.3) is 0 Å². The number of phenolic OH excluding ortho intramolecular Hbond substituents is 1. The zero-order valence-corrected chi connectivity index (χ0v) is 12.5. The van der Waals surface area contributed by atoms with E-state index < -0.39 is 4.32 Å². The summed E-state index contributed by atoms with van der Waals surface area (Å²) in [6.07, 6.45) is 3.55. The number of carbonyl (C=O) groups is 1. The minimum absolute atomic E-state index is 0.0901. The molecule has 0 bridgehead atoms. The van der Waals surface area contributed by atoms with Gasteiger partial charge < -0.3 is 10.4 Å². The highest BCUT2D eigenvalue weighted by atomic mass is 79.9. The van der Waals surface area contributed by atoms with Crippen molar-refractivity contribution in [3.05, 3.63) is 24.3 Å². The standard InChI is InChI=1S/C14H20BrNO2/c1-3-5-10-14(15,4-2)13(18)16-11-8-6-7-9-12(11)17/h6-9,17H,3-5,10H2,1-2H3,(H,16,18)/t14-/m0/s1. The minimum atomic E-state index is -0.550. The molecule has 1 aromatic rings. The Kier molecular flexibility index (Phi) is 5.66. The van der Waals surface area contributed by atoms with Crippen LogP contribution >= 0.6 is 15.9 Å². The van der Waals surface area contributed by atoms with Gasteiger partial charge in [-0.3, -0.25) is 4.79 Å². The molecule has 0 radical (unpaired) electrons. The minimum Gasteiger partial charge on any atom is -0.506 e. The van der Waals surface area contributed by atoms with Gasteiger partial charge in [0.1, 0.15) is 10.1 Å². The number of para-hydroxylation sites is 2. The van der Waals surface area contributed by atoms with E-state index in [0.717, 1.165) is 19.3 Å². The van der Waals surface area contributed by atoms with Crippen molar-refractivity contribution in [3.8, 4) is 5.75 Å². The van der Waals surface area contributed by atoms with E-state index in [1.54, 1.807) is 24.3 Å². The number of nitrogens with one attached hydrogen (secondary N) is 1. The molecule has 0 aliphatic heterocycles. The molecule has 2 N–H and O–H groups in total. The molecule has 1 atom stereocenters. The quantitative estimate of drug-likeness (QED) is 0.614. The van der Waals surface area contributed by atoms with E-state index in [9.17, 15) is 9.90 Å². The number of carbonyl (C=O) groups excluding carboxylic acids is 1. The normalized spacial score (nSPS) is 13.9. The summed E-state index contributed by atoms with van der Waals surface area (Å²) in [7, 11) is 0. The number of benzene rings is 1. The van der Waals surface area contributed by atoms with E-state index >= 15 is 0 Å². The molecule has 4 heteroatoms. The maximum atomic E-state index is 12.3. The maximum Gasteiger partial charge on any atom is 0.241 e. The number of hydrogen-bond acceptors (Lipinski definition) is 2. The van der Waals surface area contributed by atoms with Crippen molar-refractivity contribution < 1.29 is 9.90 Å². The Labute approximate surface area is 117 Å². The molecule has 0 heterocycles. The van der Waals surface area contributed by atoms with Crippen molar-refractivity contribution in [1.82, 2.24) is 0 Å². The van der Waals surface area contributed by atoms with Crippen molar-refractivity contribution >= 4 is 27.5 Å². The SMILES string of the molecule is CCCC[C@@](Br)(CC)C(=O)Nc1ccccc1O. The molecule has 0 saturated carbocycles. The zero-order valence-electron chi connectivity index (χ0n) is 10.9. The Morgan fingerprint density at radius 2 is 2.06 bits per heavy atom. The Hall–Kier alpha value is -1.03. The summed E-state index contributed by atoms with van der Waals surface area (Å²) in [4.78, 5) is 12.3. The van der Waals surface area contributed by atoms with Crippen molar-refractivity contribution in [1.29, 1.82) is 0 Å². The molecule has 0 fully saturated rings. The second-order valence-electron chi connectivity index (χ2n) is 4.39. The lowest BCUT2D eigenvalue weighted by Crippen LogP contribution is -2.36. The van der Waals surface area contributed by atoms with E-state index in [1.165, 1.54) is 0 Å². The topological polar surface area (TPSA) is 49.3 Å². The van der Waals surface area contributed by atoms with Crippen LogP contribution in [0.1, 0.15) is 39.5 Å². The molecule has 0 aromatic heterocycles. The highest BCUT2D eigenvalue weighted by Gasteiger charge is 2.33. The first-order chi connectivity index (χ1) is 8.53. The maximum absolute atomic E-state index is 12.3. The molecule has 3 nitrogen and oxygen atoms in total. The summed E-state index contributed by atoms with van der Waals surface area (Å²) < 4.78 is -0.550. The molecule has 0 aliphatic rings. The first-order valence-corrected chi connectivity index (χ1v) is 7.11. The third kappa shape index (κ3) is 3.73. The van der Waals surface area contributed by atoms with Gasteiger partial charge in [-0.15, -0.1) is 0 Å². The monoisotopic (exact) mass is 313 g/mol. The number of alkyl halides is 1. The van der Waals surface area contributed by atoms with Crippen LogP contribution in [0.5, 0.6) is 5.75 Å². The van der Waals surface area contributed by atoms with Gasteiger partial charge in [-0.25, -0.2) is 0 Å². The molecule has 0 unspecified atom stereocenters. The van der Waals surface area contributed by atoms with E-state index in [2.05, 4.69) is 28.2 Å². The smallest absolute Gasteiger partial charge is 0.241 e. The molecular formula is C14H20BrNO2. The number of amides is 1. The van der Waals surface area contributed by atoms with Gasteiger partial charge in [0.15, 0.2) is 0 Å². The molecule has 0 saturated heterocycles. The van der Waals surface area contributed by atoms with E-state index in [-0.39, 0.29) is 11.7 Å². The summed E-state index contributed by atoms with van der Waals surface area (Å²) in [5.41, 5.74) is 0.455. The van der Waals surface area contributed by atoms with Gasteiger partial charge in [0.25, 0.3) is 0 Å². The number of aromatic hydroxyl groups is 1. The lowest BCUT2D eigenvalue weighted by molar-refractivity contribution is -0.118. The van der Waals surface area contributed by atoms with Gasteiger partial charge in [0, 0.05) is 0 Å². The fourth-order valence-electron chi connectivity index (χ4n) is 1.72.